The average molecular weight is 366 g/mol. The molecule has 0 aliphatic rings. The van der Waals surface area contributed by atoms with E-state index in [4.69, 9.17) is 0 Å². The third-order valence-electron chi connectivity index (χ3n) is 2.29. The van der Waals surface area contributed by atoms with E-state index in [1.807, 2.05) is 0 Å². The van der Waals surface area contributed by atoms with E-state index in [0.717, 1.165) is 0 Å². The van der Waals surface area contributed by atoms with Crippen molar-refractivity contribution in [1.82, 2.24) is 0 Å². The number of rotatable bonds is 2. The van der Waals surface area contributed by atoms with Crippen LogP contribution in [0.1, 0.15) is 26.4 Å². The molecule has 2 heterocycles. The van der Waals surface area contributed by atoms with Gasteiger partial charge in [0.1, 0.15) is 0 Å². The predicted octanol–water partition coefficient (Wildman–Crippen LogP) is 5.67. The normalized spacial score (nSPS) is 13.1. The average Bonchev–Trinajstić information content (AvgIpc) is 2.74. The lowest BCUT2D eigenvalue weighted by molar-refractivity contribution is 1.20. The first kappa shape index (κ1) is 11.8. The van der Waals surface area contributed by atoms with Gasteiger partial charge in [-0.1, -0.05) is 15.9 Å². The van der Waals surface area contributed by atoms with Crippen molar-refractivity contribution in [2.24, 2.45) is 0 Å². The van der Waals surface area contributed by atoms with E-state index in [2.05, 4.69) is 62.5 Å². The lowest BCUT2D eigenvalue weighted by Gasteiger charge is -2.06. The first-order chi connectivity index (χ1) is 7.09. The molecular weight excluding hydrogens is 356 g/mol. The van der Waals surface area contributed by atoms with E-state index in [1.165, 1.54) is 25.4 Å². The van der Waals surface area contributed by atoms with Gasteiger partial charge in [-0.15, -0.1) is 11.3 Å². The van der Waals surface area contributed by atoms with Crippen molar-refractivity contribution in [2.75, 3.05) is 0 Å². The second-order valence-corrected chi connectivity index (χ2v) is 7.54. The Morgan fingerprint density at radius 2 is 1.93 bits per heavy atom. The van der Waals surface area contributed by atoms with Crippen LogP contribution in [0.4, 0.5) is 0 Å². The summed E-state index contributed by atoms with van der Waals surface area (Å²) in [5.74, 6) is 0. The maximum Gasteiger partial charge on any atom is 0.0749 e. The van der Waals surface area contributed by atoms with Gasteiger partial charge in [-0.3, -0.25) is 0 Å². The molecule has 15 heavy (non-hydrogen) atoms. The molecule has 0 saturated carbocycles. The Balaban J connectivity index is 2.36. The molecule has 0 radical (unpaired) electrons. The monoisotopic (exact) mass is 364 g/mol. The van der Waals surface area contributed by atoms with Gasteiger partial charge >= 0.3 is 0 Å². The predicted molar refractivity (Wildman–Crippen MR) is 76.6 cm³/mol. The zero-order valence-electron chi connectivity index (χ0n) is 8.38. The molecule has 2 aromatic rings. The summed E-state index contributed by atoms with van der Waals surface area (Å²) in [6, 6.07) is 2.24. The molecule has 2 aromatic heterocycles. The van der Waals surface area contributed by atoms with Crippen LogP contribution in [0.25, 0.3) is 0 Å². The Labute approximate surface area is 115 Å². The van der Waals surface area contributed by atoms with E-state index in [0.29, 0.717) is 4.83 Å². The van der Waals surface area contributed by atoms with Gasteiger partial charge in [0, 0.05) is 4.88 Å². The molecule has 0 aromatic carbocycles. The van der Waals surface area contributed by atoms with Crippen molar-refractivity contribution in [3.05, 3.63) is 42.2 Å². The van der Waals surface area contributed by atoms with Crippen molar-refractivity contribution < 1.29 is 0 Å². The SMILES string of the molecule is Cc1cscc1C(Br)c1cc(C)c(Br)s1. The third-order valence-corrected chi connectivity index (χ3v) is 6.66. The fourth-order valence-corrected chi connectivity index (χ4v) is 4.92. The van der Waals surface area contributed by atoms with Crippen LogP contribution in [-0.4, -0.2) is 0 Å². The van der Waals surface area contributed by atoms with Crippen LogP contribution in [0.15, 0.2) is 20.6 Å². The number of thiophene rings is 2. The molecule has 0 N–H and O–H groups in total. The summed E-state index contributed by atoms with van der Waals surface area (Å²) in [4.78, 5) is 1.69. The van der Waals surface area contributed by atoms with E-state index < -0.39 is 0 Å². The number of halogens is 2. The summed E-state index contributed by atoms with van der Waals surface area (Å²) >= 11 is 10.9. The van der Waals surface area contributed by atoms with Gasteiger partial charge < -0.3 is 0 Å². The van der Waals surface area contributed by atoms with E-state index in [9.17, 15) is 0 Å². The molecule has 0 bridgehead atoms. The van der Waals surface area contributed by atoms with Crippen LogP contribution in [0.2, 0.25) is 0 Å². The number of alkyl halides is 1. The van der Waals surface area contributed by atoms with Crippen LogP contribution < -0.4 is 0 Å². The van der Waals surface area contributed by atoms with Gasteiger partial charge in [-0.05, 0) is 63.3 Å². The topological polar surface area (TPSA) is 0 Å². The van der Waals surface area contributed by atoms with Crippen molar-refractivity contribution in [3.63, 3.8) is 0 Å². The number of hydrogen-bond donors (Lipinski definition) is 0. The highest BCUT2D eigenvalue weighted by Crippen LogP contribution is 2.40. The van der Waals surface area contributed by atoms with E-state index in [-0.39, 0.29) is 0 Å². The smallest absolute Gasteiger partial charge is 0.0749 e. The quantitative estimate of drug-likeness (QED) is 0.601. The zero-order chi connectivity index (χ0) is 11.0. The number of hydrogen-bond acceptors (Lipinski definition) is 2. The molecule has 1 unspecified atom stereocenters. The van der Waals surface area contributed by atoms with E-state index >= 15 is 0 Å². The van der Waals surface area contributed by atoms with Gasteiger partial charge in [0.15, 0.2) is 0 Å². The van der Waals surface area contributed by atoms with Crippen molar-refractivity contribution in [1.29, 1.82) is 0 Å². The second kappa shape index (κ2) is 4.70. The molecule has 0 saturated heterocycles. The highest BCUT2D eigenvalue weighted by Gasteiger charge is 2.16. The maximum atomic E-state index is 3.77. The highest BCUT2D eigenvalue weighted by atomic mass is 79.9. The van der Waals surface area contributed by atoms with Crippen LogP contribution >= 0.6 is 54.5 Å². The molecule has 0 aliphatic heterocycles. The summed E-state index contributed by atoms with van der Waals surface area (Å²) in [5, 5.41) is 4.41. The van der Waals surface area contributed by atoms with Crippen molar-refractivity contribution in [2.45, 2.75) is 18.7 Å². The standard InChI is InChI=1S/C11H10Br2S2/c1-6-3-9(15-11(6)13)10(12)8-5-14-4-7(8)2/h3-5,10H,1-2H3. The minimum atomic E-state index is 0.332. The molecule has 1 atom stereocenters. The summed E-state index contributed by atoms with van der Waals surface area (Å²) in [5.41, 5.74) is 4.06. The second-order valence-electron chi connectivity index (χ2n) is 3.48. The first-order valence-corrected chi connectivity index (χ1v) is 7.99. The molecule has 0 fully saturated rings. The fourth-order valence-electron chi connectivity index (χ4n) is 1.39. The Bertz CT molecular complexity index is 451. The minimum Gasteiger partial charge on any atom is -0.152 e. The van der Waals surface area contributed by atoms with Crippen molar-refractivity contribution >= 4 is 54.5 Å². The Kier molecular flexibility index (Phi) is 3.71. The van der Waals surface area contributed by atoms with Gasteiger partial charge in [0.05, 0.1) is 8.61 Å². The van der Waals surface area contributed by atoms with Gasteiger partial charge in [0.2, 0.25) is 0 Å². The molecular formula is C11H10Br2S2. The van der Waals surface area contributed by atoms with E-state index in [1.54, 1.807) is 22.7 Å². The Morgan fingerprint density at radius 3 is 2.40 bits per heavy atom. The van der Waals surface area contributed by atoms with Gasteiger partial charge in [-0.2, -0.15) is 11.3 Å². The van der Waals surface area contributed by atoms with Crippen LogP contribution in [-0.2, 0) is 0 Å². The zero-order valence-corrected chi connectivity index (χ0v) is 13.2. The summed E-state index contributed by atoms with van der Waals surface area (Å²) in [6.45, 7) is 4.29. The molecule has 0 nitrogen and oxygen atoms in total. The lowest BCUT2D eigenvalue weighted by atomic mass is 10.1. The van der Waals surface area contributed by atoms with Gasteiger partial charge in [-0.25, -0.2) is 0 Å². The molecule has 4 heteroatoms. The van der Waals surface area contributed by atoms with Crippen LogP contribution in [0.3, 0.4) is 0 Å². The fraction of sp³-hybridized carbons (Fsp3) is 0.273. The Hall–Kier alpha value is 0.360. The lowest BCUT2D eigenvalue weighted by Crippen LogP contribution is -1.88. The first-order valence-electron chi connectivity index (χ1n) is 4.52. The van der Waals surface area contributed by atoms with Crippen LogP contribution in [0.5, 0.6) is 0 Å². The minimum absolute atomic E-state index is 0.332. The molecule has 80 valence electrons. The third kappa shape index (κ3) is 2.38. The summed E-state index contributed by atoms with van der Waals surface area (Å²) in [6.07, 6.45) is 0. The van der Waals surface area contributed by atoms with Crippen molar-refractivity contribution in [3.8, 4) is 0 Å². The molecule has 2 rings (SSSR count). The highest BCUT2D eigenvalue weighted by molar-refractivity contribution is 9.11. The molecule has 0 amide bonds. The summed E-state index contributed by atoms with van der Waals surface area (Å²) in [7, 11) is 0. The Morgan fingerprint density at radius 1 is 1.20 bits per heavy atom. The molecule has 0 spiro atoms. The maximum absolute atomic E-state index is 3.77. The van der Waals surface area contributed by atoms with Crippen LogP contribution in [0, 0.1) is 13.8 Å². The summed E-state index contributed by atoms with van der Waals surface area (Å²) < 4.78 is 1.23. The largest absolute Gasteiger partial charge is 0.152 e. The van der Waals surface area contributed by atoms with Gasteiger partial charge in [0.25, 0.3) is 0 Å². The molecule has 0 aliphatic carbocycles. The number of aryl methyl sites for hydroxylation is 2.